The summed E-state index contributed by atoms with van der Waals surface area (Å²) in [6.45, 7) is 1.62. The molecule has 3 nitrogen and oxygen atoms in total. The molecule has 1 unspecified atom stereocenters. The van der Waals surface area contributed by atoms with Gasteiger partial charge in [-0.15, -0.1) is 4.89 Å². The van der Waals surface area contributed by atoms with Crippen LogP contribution in [0, 0.1) is 6.92 Å². The molecule has 1 atom stereocenters. The molecule has 0 saturated carbocycles. The minimum absolute atomic E-state index is 0.129. The summed E-state index contributed by atoms with van der Waals surface area (Å²) < 4.78 is 35.6. The number of hydrogen-bond donors (Lipinski definition) is 0. The molecule has 0 heterocycles. The third kappa shape index (κ3) is 3.23. The van der Waals surface area contributed by atoms with Gasteiger partial charge in [-0.05, 0) is 18.6 Å². The lowest BCUT2D eigenvalue weighted by atomic mass is 10.1. The molecule has 1 aromatic carbocycles. The molecule has 0 aliphatic rings. The highest BCUT2D eigenvalue weighted by molar-refractivity contribution is 5.90. The van der Waals surface area contributed by atoms with Gasteiger partial charge in [-0.25, -0.2) is 18.0 Å². The molecule has 0 amide bonds. The minimum atomic E-state index is -3.36. The third-order valence-corrected chi connectivity index (χ3v) is 1.78. The maximum absolute atomic E-state index is 12.3. The first-order valence-electron chi connectivity index (χ1n) is 4.38. The molecule has 0 N–H and O–H groups in total. The van der Waals surface area contributed by atoms with Gasteiger partial charge in [0.05, 0.1) is 5.56 Å². The van der Waals surface area contributed by atoms with Gasteiger partial charge in [0.1, 0.15) is 0 Å². The van der Waals surface area contributed by atoms with Crippen molar-refractivity contribution in [2.75, 3.05) is 0 Å². The van der Waals surface area contributed by atoms with Crippen LogP contribution < -0.4 is 0 Å². The Bertz CT molecular complexity index is 368. The average Bonchev–Trinajstić information content (AvgIpc) is 2.25. The van der Waals surface area contributed by atoms with Crippen molar-refractivity contribution in [1.29, 1.82) is 0 Å². The summed E-state index contributed by atoms with van der Waals surface area (Å²) in [5.74, 6) is -1.01. The first kappa shape index (κ1) is 12.5. The van der Waals surface area contributed by atoms with Crippen LogP contribution in [0.1, 0.15) is 15.9 Å². The quantitative estimate of drug-likeness (QED) is 0.593. The van der Waals surface area contributed by atoms with Gasteiger partial charge in [0.2, 0.25) is 0 Å². The first-order valence-corrected chi connectivity index (χ1v) is 4.38. The summed E-state index contributed by atoms with van der Waals surface area (Å²) in [4.78, 5) is 18.8. The zero-order valence-corrected chi connectivity index (χ0v) is 8.32. The molecule has 6 heteroatoms. The van der Waals surface area contributed by atoms with Gasteiger partial charge in [-0.3, -0.25) is 4.89 Å². The molecule has 16 heavy (non-hydrogen) atoms. The molecule has 88 valence electrons. The van der Waals surface area contributed by atoms with E-state index in [4.69, 9.17) is 0 Å². The fourth-order valence-electron chi connectivity index (χ4n) is 0.978. The van der Waals surface area contributed by atoms with Crippen LogP contribution in [0.5, 0.6) is 0 Å². The molecule has 0 spiro atoms. The van der Waals surface area contributed by atoms with Crippen molar-refractivity contribution in [3.63, 3.8) is 0 Å². The van der Waals surface area contributed by atoms with Crippen molar-refractivity contribution in [3.05, 3.63) is 35.4 Å². The van der Waals surface area contributed by atoms with Crippen LogP contribution in [-0.4, -0.2) is 18.8 Å². The predicted octanol–water partition coefficient (Wildman–Crippen LogP) is 2.64. The zero-order valence-electron chi connectivity index (χ0n) is 8.32. The summed E-state index contributed by atoms with van der Waals surface area (Å²) >= 11 is 0. The Hall–Kier alpha value is -1.56. The van der Waals surface area contributed by atoms with Crippen molar-refractivity contribution >= 4 is 5.97 Å². The molecular weight excluding hydrogens is 225 g/mol. The fraction of sp³-hybridized carbons (Fsp3) is 0.300. The van der Waals surface area contributed by atoms with Gasteiger partial charge in [-0.2, -0.15) is 0 Å². The standard InChI is InChI=1S/C10H9F3O3/c1-6-4-2-3-5-7(6)10(14)16-15-9(13)8(11)12/h2-5,8-9H,1H3. The highest BCUT2D eigenvalue weighted by atomic mass is 19.3. The number of alkyl halides is 3. The van der Waals surface area contributed by atoms with Crippen molar-refractivity contribution in [1.82, 2.24) is 0 Å². The van der Waals surface area contributed by atoms with Crippen molar-refractivity contribution in [2.24, 2.45) is 0 Å². The maximum Gasteiger partial charge on any atom is 0.373 e. The van der Waals surface area contributed by atoms with Gasteiger partial charge < -0.3 is 0 Å². The van der Waals surface area contributed by atoms with Crippen LogP contribution >= 0.6 is 0 Å². The number of hydrogen-bond acceptors (Lipinski definition) is 3. The largest absolute Gasteiger partial charge is 0.373 e. The van der Waals surface area contributed by atoms with Crippen LogP contribution in [0.2, 0.25) is 0 Å². The molecule has 0 radical (unpaired) electrons. The van der Waals surface area contributed by atoms with E-state index in [-0.39, 0.29) is 5.56 Å². The number of benzene rings is 1. The molecule has 0 bridgehead atoms. The first-order chi connectivity index (χ1) is 7.52. The second-order valence-electron chi connectivity index (χ2n) is 2.97. The molecule has 1 aromatic rings. The van der Waals surface area contributed by atoms with E-state index < -0.39 is 18.8 Å². The van der Waals surface area contributed by atoms with E-state index in [2.05, 4.69) is 9.78 Å². The average molecular weight is 234 g/mol. The Morgan fingerprint density at radius 2 is 1.88 bits per heavy atom. The second-order valence-corrected chi connectivity index (χ2v) is 2.97. The summed E-state index contributed by atoms with van der Waals surface area (Å²) in [6, 6.07) is 6.28. The summed E-state index contributed by atoms with van der Waals surface area (Å²) in [6.07, 6.45) is -6.29. The van der Waals surface area contributed by atoms with Crippen LogP contribution in [0.25, 0.3) is 0 Å². The number of carbonyl (C=O) groups excluding carboxylic acids is 1. The Balaban J connectivity index is 2.57. The van der Waals surface area contributed by atoms with Crippen molar-refractivity contribution in [2.45, 2.75) is 19.7 Å². The van der Waals surface area contributed by atoms with Gasteiger partial charge >= 0.3 is 12.3 Å². The fourth-order valence-corrected chi connectivity index (χ4v) is 0.978. The van der Waals surface area contributed by atoms with Crippen molar-refractivity contribution in [3.8, 4) is 0 Å². The Morgan fingerprint density at radius 3 is 2.44 bits per heavy atom. The minimum Gasteiger partial charge on any atom is -0.290 e. The predicted molar refractivity (Wildman–Crippen MR) is 48.6 cm³/mol. The van der Waals surface area contributed by atoms with E-state index in [1.54, 1.807) is 25.1 Å². The number of rotatable bonds is 4. The molecule has 0 aromatic heterocycles. The lowest BCUT2D eigenvalue weighted by Gasteiger charge is -2.08. The Labute approximate surface area is 89.7 Å². The Kier molecular flexibility index (Phi) is 4.30. The van der Waals surface area contributed by atoms with Crippen LogP contribution in [0.4, 0.5) is 13.2 Å². The van der Waals surface area contributed by atoms with E-state index in [0.29, 0.717) is 5.56 Å². The number of carbonyl (C=O) groups is 1. The smallest absolute Gasteiger partial charge is 0.290 e. The Morgan fingerprint density at radius 1 is 1.25 bits per heavy atom. The van der Waals surface area contributed by atoms with Gasteiger partial charge in [-0.1, -0.05) is 18.2 Å². The maximum atomic E-state index is 12.3. The molecule has 0 aliphatic carbocycles. The monoisotopic (exact) mass is 234 g/mol. The van der Waals surface area contributed by atoms with Crippen LogP contribution in [0.15, 0.2) is 24.3 Å². The van der Waals surface area contributed by atoms with E-state index in [1.807, 2.05) is 0 Å². The lowest BCUT2D eigenvalue weighted by Crippen LogP contribution is -2.19. The number of halogens is 3. The van der Waals surface area contributed by atoms with Crippen LogP contribution in [-0.2, 0) is 9.78 Å². The molecule has 0 aliphatic heterocycles. The molecule has 0 saturated heterocycles. The highest BCUT2D eigenvalue weighted by Crippen LogP contribution is 2.12. The van der Waals surface area contributed by atoms with Gasteiger partial charge in [0.25, 0.3) is 6.43 Å². The molecule has 1 rings (SSSR count). The van der Waals surface area contributed by atoms with Gasteiger partial charge in [0.15, 0.2) is 0 Å². The van der Waals surface area contributed by atoms with E-state index in [1.165, 1.54) is 6.07 Å². The van der Waals surface area contributed by atoms with Gasteiger partial charge in [0, 0.05) is 0 Å². The highest BCUT2D eigenvalue weighted by Gasteiger charge is 2.23. The molecule has 0 fully saturated rings. The summed E-state index contributed by atoms with van der Waals surface area (Å²) in [5, 5.41) is 0. The summed E-state index contributed by atoms with van der Waals surface area (Å²) in [7, 11) is 0. The van der Waals surface area contributed by atoms with E-state index >= 15 is 0 Å². The van der Waals surface area contributed by atoms with Crippen molar-refractivity contribution < 1.29 is 27.7 Å². The van der Waals surface area contributed by atoms with E-state index in [9.17, 15) is 18.0 Å². The lowest BCUT2D eigenvalue weighted by molar-refractivity contribution is -0.330. The van der Waals surface area contributed by atoms with Crippen LogP contribution in [0.3, 0.4) is 0 Å². The SMILES string of the molecule is Cc1ccccc1C(=O)OOC(F)C(F)F. The van der Waals surface area contributed by atoms with E-state index in [0.717, 1.165) is 0 Å². The normalized spacial score (nSPS) is 12.6. The summed E-state index contributed by atoms with van der Waals surface area (Å²) in [5.41, 5.74) is 0.701. The topological polar surface area (TPSA) is 35.5 Å². The third-order valence-electron chi connectivity index (χ3n) is 1.78. The molecular formula is C10H9F3O3. The second kappa shape index (κ2) is 5.50. The number of aryl methyl sites for hydroxylation is 1. The zero-order chi connectivity index (χ0) is 12.1.